The van der Waals surface area contributed by atoms with Crippen molar-refractivity contribution < 1.29 is 19.4 Å². The molecule has 4 N–H and O–H groups in total. The van der Waals surface area contributed by atoms with Crippen LogP contribution in [0.4, 0.5) is 0 Å². The van der Waals surface area contributed by atoms with Crippen molar-refractivity contribution in [3.63, 3.8) is 0 Å². The number of primary amides is 1. The molecule has 0 aliphatic rings. The molecule has 0 aromatic carbocycles. The van der Waals surface area contributed by atoms with E-state index in [0.717, 1.165) is 0 Å². The highest BCUT2D eigenvalue weighted by atomic mass is 16.5. The Balaban J connectivity index is 3.19. The Morgan fingerprint density at radius 1 is 1.57 bits per heavy atom. The molecule has 0 aliphatic heterocycles. The molecule has 0 aromatic rings. The summed E-state index contributed by atoms with van der Waals surface area (Å²) in [6.07, 6.45) is -0.633. The number of ether oxygens (including phenoxy) is 2. The lowest BCUT2D eigenvalue weighted by atomic mass is 10.4. The highest BCUT2D eigenvalue weighted by molar-refractivity contribution is 5.75. The standard InChI is InChI=1S/C8H18N2O4/c1-13-2-3-14-6-7(11)4-10-5-8(9)12/h7,10-11H,2-6H2,1H3,(H2,9,12). The van der Waals surface area contributed by atoms with Gasteiger partial charge in [-0.15, -0.1) is 0 Å². The Morgan fingerprint density at radius 3 is 2.86 bits per heavy atom. The highest BCUT2D eigenvalue weighted by Crippen LogP contribution is 1.83. The molecule has 1 amide bonds. The minimum absolute atomic E-state index is 0.0646. The van der Waals surface area contributed by atoms with Gasteiger partial charge >= 0.3 is 0 Å². The smallest absolute Gasteiger partial charge is 0.231 e. The number of aliphatic hydroxyl groups excluding tert-OH is 1. The van der Waals surface area contributed by atoms with Gasteiger partial charge < -0.3 is 25.6 Å². The molecule has 0 radical (unpaired) electrons. The average Bonchev–Trinajstić information content (AvgIpc) is 2.12. The van der Waals surface area contributed by atoms with Crippen LogP contribution in [0.25, 0.3) is 0 Å². The summed E-state index contributed by atoms with van der Waals surface area (Å²) in [5, 5.41) is 12.0. The van der Waals surface area contributed by atoms with Crippen LogP contribution in [0.5, 0.6) is 0 Å². The predicted octanol–water partition coefficient (Wildman–Crippen LogP) is -1.91. The zero-order valence-corrected chi connectivity index (χ0v) is 8.36. The summed E-state index contributed by atoms with van der Waals surface area (Å²) in [5.74, 6) is -0.447. The normalized spacial score (nSPS) is 12.7. The van der Waals surface area contributed by atoms with Crippen molar-refractivity contribution in [2.75, 3.05) is 40.0 Å². The minimum atomic E-state index is -0.633. The number of aliphatic hydroxyl groups is 1. The number of carbonyl (C=O) groups excluding carboxylic acids is 1. The Bertz CT molecular complexity index is 154. The Morgan fingerprint density at radius 2 is 2.29 bits per heavy atom. The second kappa shape index (κ2) is 8.89. The molecule has 0 aromatic heterocycles. The van der Waals surface area contributed by atoms with Crippen molar-refractivity contribution in [3.8, 4) is 0 Å². The number of amides is 1. The van der Waals surface area contributed by atoms with E-state index in [1.807, 2.05) is 0 Å². The van der Waals surface area contributed by atoms with Crippen LogP contribution in [-0.2, 0) is 14.3 Å². The zero-order chi connectivity index (χ0) is 10.8. The van der Waals surface area contributed by atoms with Crippen LogP contribution in [0.2, 0.25) is 0 Å². The van der Waals surface area contributed by atoms with Crippen LogP contribution in [0.15, 0.2) is 0 Å². The van der Waals surface area contributed by atoms with Gasteiger partial charge in [0.25, 0.3) is 0 Å². The lowest BCUT2D eigenvalue weighted by Gasteiger charge is -2.11. The summed E-state index contributed by atoms with van der Waals surface area (Å²) >= 11 is 0. The average molecular weight is 206 g/mol. The quantitative estimate of drug-likeness (QED) is 0.383. The van der Waals surface area contributed by atoms with Crippen molar-refractivity contribution in [2.45, 2.75) is 6.10 Å². The molecular weight excluding hydrogens is 188 g/mol. The van der Waals surface area contributed by atoms with Crippen molar-refractivity contribution in [2.24, 2.45) is 5.73 Å². The summed E-state index contributed by atoms with van der Waals surface area (Å²) in [6, 6.07) is 0. The summed E-state index contributed by atoms with van der Waals surface area (Å²) in [7, 11) is 1.58. The second-order valence-electron chi connectivity index (χ2n) is 2.82. The molecular formula is C8H18N2O4. The fraction of sp³-hybridized carbons (Fsp3) is 0.875. The number of nitrogens with two attached hydrogens (primary N) is 1. The number of hydrogen-bond acceptors (Lipinski definition) is 5. The van der Waals surface area contributed by atoms with Gasteiger partial charge in [0, 0.05) is 13.7 Å². The van der Waals surface area contributed by atoms with Crippen LogP contribution in [0.1, 0.15) is 0 Å². The molecule has 6 heteroatoms. The van der Waals surface area contributed by atoms with Gasteiger partial charge in [-0.2, -0.15) is 0 Å². The predicted molar refractivity (Wildman–Crippen MR) is 50.8 cm³/mol. The van der Waals surface area contributed by atoms with Crippen molar-refractivity contribution in [1.29, 1.82) is 0 Å². The van der Waals surface area contributed by atoms with Crippen molar-refractivity contribution >= 4 is 5.91 Å². The summed E-state index contributed by atoms with van der Waals surface area (Å²) < 4.78 is 9.81. The molecule has 0 fully saturated rings. The van der Waals surface area contributed by atoms with Crippen LogP contribution in [0.3, 0.4) is 0 Å². The van der Waals surface area contributed by atoms with E-state index in [1.54, 1.807) is 7.11 Å². The van der Waals surface area contributed by atoms with E-state index in [-0.39, 0.29) is 19.7 Å². The summed E-state index contributed by atoms with van der Waals surface area (Å²) in [6.45, 7) is 1.52. The SMILES string of the molecule is COCCOCC(O)CNCC(N)=O. The maximum absolute atomic E-state index is 10.3. The lowest BCUT2D eigenvalue weighted by molar-refractivity contribution is -0.117. The second-order valence-corrected chi connectivity index (χ2v) is 2.82. The van der Waals surface area contributed by atoms with Crippen LogP contribution in [-0.4, -0.2) is 57.1 Å². The van der Waals surface area contributed by atoms with E-state index >= 15 is 0 Å². The van der Waals surface area contributed by atoms with E-state index < -0.39 is 12.0 Å². The lowest BCUT2D eigenvalue weighted by Crippen LogP contribution is -2.36. The molecule has 84 valence electrons. The topological polar surface area (TPSA) is 93.8 Å². The maximum Gasteiger partial charge on any atom is 0.231 e. The molecule has 0 aliphatic carbocycles. The van der Waals surface area contributed by atoms with E-state index in [0.29, 0.717) is 13.2 Å². The highest BCUT2D eigenvalue weighted by Gasteiger charge is 2.03. The summed E-state index contributed by atoms with van der Waals surface area (Å²) in [5.41, 5.74) is 4.89. The molecule has 6 nitrogen and oxygen atoms in total. The van der Waals surface area contributed by atoms with Crippen molar-refractivity contribution in [1.82, 2.24) is 5.32 Å². The van der Waals surface area contributed by atoms with Gasteiger partial charge in [0.15, 0.2) is 0 Å². The first-order chi connectivity index (χ1) is 6.66. The van der Waals surface area contributed by atoms with E-state index in [9.17, 15) is 9.90 Å². The van der Waals surface area contributed by atoms with Crippen molar-refractivity contribution in [3.05, 3.63) is 0 Å². The van der Waals surface area contributed by atoms with Gasteiger partial charge in [0.05, 0.1) is 32.5 Å². The first-order valence-electron chi connectivity index (χ1n) is 4.40. The third-order valence-electron chi connectivity index (χ3n) is 1.42. The first-order valence-corrected chi connectivity index (χ1v) is 4.40. The van der Waals surface area contributed by atoms with Gasteiger partial charge in [0.1, 0.15) is 0 Å². The number of nitrogens with one attached hydrogen (secondary N) is 1. The number of carbonyl (C=O) groups is 1. The molecule has 0 bridgehead atoms. The van der Waals surface area contributed by atoms with Crippen LogP contribution in [0, 0.1) is 0 Å². The molecule has 1 atom stereocenters. The van der Waals surface area contributed by atoms with Crippen LogP contribution >= 0.6 is 0 Å². The van der Waals surface area contributed by atoms with Crippen LogP contribution < -0.4 is 11.1 Å². The molecule has 14 heavy (non-hydrogen) atoms. The van der Waals surface area contributed by atoms with Gasteiger partial charge in [-0.1, -0.05) is 0 Å². The number of rotatable bonds is 9. The minimum Gasteiger partial charge on any atom is -0.389 e. The molecule has 0 spiro atoms. The monoisotopic (exact) mass is 206 g/mol. The van der Waals surface area contributed by atoms with Gasteiger partial charge in [-0.3, -0.25) is 4.79 Å². The third kappa shape index (κ3) is 9.40. The fourth-order valence-electron chi connectivity index (χ4n) is 0.783. The Hall–Kier alpha value is -0.690. The maximum atomic E-state index is 10.3. The Labute approximate surface area is 83.4 Å². The van der Waals surface area contributed by atoms with Gasteiger partial charge in [-0.25, -0.2) is 0 Å². The number of methoxy groups -OCH3 is 1. The fourth-order valence-corrected chi connectivity index (χ4v) is 0.783. The molecule has 0 saturated carbocycles. The molecule has 1 unspecified atom stereocenters. The zero-order valence-electron chi connectivity index (χ0n) is 8.36. The van der Waals surface area contributed by atoms with E-state index in [4.69, 9.17) is 15.2 Å². The van der Waals surface area contributed by atoms with E-state index in [2.05, 4.69) is 5.32 Å². The molecule has 0 rings (SSSR count). The largest absolute Gasteiger partial charge is 0.389 e. The van der Waals surface area contributed by atoms with Gasteiger partial charge in [0.2, 0.25) is 5.91 Å². The summed E-state index contributed by atoms with van der Waals surface area (Å²) in [4.78, 5) is 10.3. The first kappa shape index (κ1) is 13.3. The molecule has 0 heterocycles. The Kier molecular flexibility index (Phi) is 8.45. The third-order valence-corrected chi connectivity index (χ3v) is 1.42. The van der Waals surface area contributed by atoms with Gasteiger partial charge in [-0.05, 0) is 0 Å². The molecule has 0 saturated heterocycles. The number of hydrogen-bond donors (Lipinski definition) is 3. The van der Waals surface area contributed by atoms with E-state index in [1.165, 1.54) is 0 Å².